The molecule has 0 bridgehead atoms. The average molecular weight is 359 g/mol. The Morgan fingerprint density at radius 3 is 2.59 bits per heavy atom. The van der Waals surface area contributed by atoms with E-state index in [1.807, 2.05) is 31.2 Å². The molecule has 2 aromatic rings. The van der Waals surface area contributed by atoms with Gasteiger partial charge in [-0.1, -0.05) is 42.3 Å². The number of amides is 1. The van der Waals surface area contributed by atoms with E-state index in [-0.39, 0.29) is 22.1 Å². The van der Waals surface area contributed by atoms with Crippen LogP contribution in [0, 0.1) is 0 Å². The molecule has 0 saturated carbocycles. The second-order valence-electron chi connectivity index (χ2n) is 4.80. The topological polar surface area (TPSA) is 51.2 Å². The van der Waals surface area contributed by atoms with Crippen LogP contribution < -0.4 is 10.1 Å². The molecule has 1 amide bonds. The number of hydrogen-bond acceptors (Lipinski definition) is 4. The van der Waals surface area contributed by atoms with Gasteiger partial charge in [0.1, 0.15) is 22.3 Å². The van der Waals surface area contributed by atoms with Gasteiger partial charge < -0.3 is 10.1 Å². The molecule has 22 heavy (non-hydrogen) atoms. The van der Waals surface area contributed by atoms with Crippen molar-refractivity contribution in [3.63, 3.8) is 0 Å². The predicted molar refractivity (Wildman–Crippen MR) is 90.4 cm³/mol. The van der Waals surface area contributed by atoms with Crippen LogP contribution in [-0.2, 0) is 6.42 Å². The molecule has 0 aliphatic rings. The van der Waals surface area contributed by atoms with Crippen molar-refractivity contribution in [2.45, 2.75) is 26.3 Å². The number of aryl methyl sites for hydroxylation is 1. The van der Waals surface area contributed by atoms with Crippen LogP contribution in [0.5, 0.6) is 5.75 Å². The Bertz CT molecular complexity index is 643. The van der Waals surface area contributed by atoms with Crippen molar-refractivity contribution in [1.82, 2.24) is 9.69 Å². The average Bonchev–Trinajstić information content (AvgIpc) is 2.85. The standard InChI is InChI=1S/C15H16Cl2N2O2S/c1-3-10-4-6-11(7-5-10)21-8-9(2)18-15(20)13-12(16)14(17)19-22-13/h4-7,9H,3,8H2,1-2H3,(H,18,20). The zero-order valence-electron chi connectivity index (χ0n) is 12.2. The molecule has 0 spiro atoms. The zero-order chi connectivity index (χ0) is 16.1. The molecule has 1 aromatic carbocycles. The Morgan fingerprint density at radius 2 is 2.05 bits per heavy atom. The van der Waals surface area contributed by atoms with Crippen molar-refractivity contribution in [2.24, 2.45) is 0 Å². The largest absolute Gasteiger partial charge is 0.491 e. The van der Waals surface area contributed by atoms with Crippen molar-refractivity contribution in [2.75, 3.05) is 6.61 Å². The molecule has 0 aliphatic heterocycles. The van der Waals surface area contributed by atoms with Gasteiger partial charge in [-0.05, 0) is 42.6 Å². The van der Waals surface area contributed by atoms with Crippen LogP contribution in [-0.4, -0.2) is 22.9 Å². The SMILES string of the molecule is CCc1ccc(OCC(C)NC(=O)c2snc(Cl)c2Cl)cc1. The smallest absolute Gasteiger partial charge is 0.264 e. The molecule has 0 saturated heterocycles. The number of ether oxygens (including phenoxy) is 1. The van der Waals surface area contributed by atoms with Gasteiger partial charge in [-0.3, -0.25) is 4.79 Å². The molecule has 0 fully saturated rings. The second-order valence-corrected chi connectivity index (χ2v) is 6.31. The summed E-state index contributed by atoms with van der Waals surface area (Å²) in [4.78, 5) is 12.4. The summed E-state index contributed by atoms with van der Waals surface area (Å²) in [5.41, 5.74) is 1.26. The predicted octanol–water partition coefficient (Wildman–Crippen LogP) is 4.21. The molecule has 1 aromatic heterocycles. The molecule has 1 unspecified atom stereocenters. The fourth-order valence-electron chi connectivity index (χ4n) is 1.77. The zero-order valence-corrected chi connectivity index (χ0v) is 14.6. The summed E-state index contributed by atoms with van der Waals surface area (Å²) in [5.74, 6) is 0.476. The Morgan fingerprint density at radius 1 is 1.36 bits per heavy atom. The minimum absolute atomic E-state index is 0.150. The van der Waals surface area contributed by atoms with Crippen LogP contribution in [0.4, 0.5) is 0 Å². The van der Waals surface area contributed by atoms with Gasteiger partial charge in [0, 0.05) is 0 Å². The first kappa shape index (κ1) is 17.1. The molecule has 1 heterocycles. The summed E-state index contributed by atoms with van der Waals surface area (Å²) in [6, 6.07) is 7.73. The maximum absolute atomic E-state index is 12.0. The number of aromatic nitrogens is 1. The van der Waals surface area contributed by atoms with Crippen molar-refractivity contribution in [1.29, 1.82) is 0 Å². The molecule has 2 rings (SSSR count). The summed E-state index contributed by atoms with van der Waals surface area (Å²) >= 11 is 12.6. The van der Waals surface area contributed by atoms with E-state index in [0.29, 0.717) is 11.5 Å². The van der Waals surface area contributed by atoms with E-state index < -0.39 is 0 Å². The number of carbonyl (C=O) groups is 1. The fourth-order valence-corrected chi connectivity index (χ4v) is 2.89. The summed E-state index contributed by atoms with van der Waals surface area (Å²) in [7, 11) is 0. The number of rotatable bonds is 6. The fraction of sp³-hybridized carbons (Fsp3) is 0.333. The van der Waals surface area contributed by atoms with Gasteiger partial charge >= 0.3 is 0 Å². The van der Waals surface area contributed by atoms with E-state index in [0.717, 1.165) is 23.7 Å². The molecular weight excluding hydrogens is 343 g/mol. The van der Waals surface area contributed by atoms with Crippen molar-refractivity contribution in [3.05, 3.63) is 44.9 Å². The third-order valence-electron chi connectivity index (χ3n) is 3.01. The lowest BCUT2D eigenvalue weighted by atomic mass is 10.2. The number of carbonyl (C=O) groups excluding carboxylic acids is 1. The van der Waals surface area contributed by atoms with E-state index in [2.05, 4.69) is 16.6 Å². The monoisotopic (exact) mass is 358 g/mol. The maximum Gasteiger partial charge on any atom is 0.264 e. The van der Waals surface area contributed by atoms with Crippen LogP contribution in [0.15, 0.2) is 24.3 Å². The minimum atomic E-state index is -0.299. The molecule has 1 N–H and O–H groups in total. The van der Waals surface area contributed by atoms with Crippen molar-refractivity contribution < 1.29 is 9.53 Å². The lowest BCUT2D eigenvalue weighted by molar-refractivity contribution is 0.0931. The Balaban J connectivity index is 1.85. The molecule has 1 atom stereocenters. The lowest BCUT2D eigenvalue weighted by Crippen LogP contribution is -2.36. The van der Waals surface area contributed by atoms with E-state index in [1.165, 1.54) is 5.56 Å². The van der Waals surface area contributed by atoms with Crippen LogP contribution in [0.25, 0.3) is 0 Å². The molecule has 0 radical (unpaired) electrons. The lowest BCUT2D eigenvalue weighted by Gasteiger charge is -2.14. The normalized spacial score (nSPS) is 12.0. The molecular formula is C15H16Cl2N2O2S. The first-order chi connectivity index (χ1) is 10.5. The van der Waals surface area contributed by atoms with Gasteiger partial charge in [-0.15, -0.1) is 0 Å². The number of nitrogens with one attached hydrogen (secondary N) is 1. The van der Waals surface area contributed by atoms with Crippen LogP contribution >= 0.6 is 34.7 Å². The van der Waals surface area contributed by atoms with Gasteiger partial charge in [0.05, 0.1) is 6.04 Å². The molecule has 0 aliphatic carbocycles. The van der Waals surface area contributed by atoms with Crippen molar-refractivity contribution >= 4 is 40.6 Å². The summed E-state index contributed by atoms with van der Waals surface area (Å²) in [5, 5.41) is 3.14. The first-order valence-electron chi connectivity index (χ1n) is 6.84. The van der Waals surface area contributed by atoms with E-state index in [1.54, 1.807) is 0 Å². The van der Waals surface area contributed by atoms with Crippen LogP contribution in [0.2, 0.25) is 10.2 Å². The highest BCUT2D eigenvalue weighted by molar-refractivity contribution is 7.09. The van der Waals surface area contributed by atoms with Crippen LogP contribution in [0.1, 0.15) is 29.1 Å². The minimum Gasteiger partial charge on any atom is -0.491 e. The maximum atomic E-state index is 12.0. The Labute approximate surface area is 143 Å². The van der Waals surface area contributed by atoms with Gasteiger partial charge in [-0.25, -0.2) is 0 Å². The van der Waals surface area contributed by atoms with E-state index in [4.69, 9.17) is 27.9 Å². The number of benzene rings is 1. The summed E-state index contributed by atoms with van der Waals surface area (Å²) in [6.45, 7) is 4.32. The Hall–Kier alpha value is -1.30. The third-order valence-corrected chi connectivity index (χ3v) is 4.81. The van der Waals surface area contributed by atoms with Gasteiger partial charge in [0.25, 0.3) is 5.91 Å². The number of nitrogens with zero attached hydrogens (tertiary/aromatic N) is 1. The van der Waals surface area contributed by atoms with E-state index in [9.17, 15) is 4.79 Å². The molecule has 118 valence electrons. The highest BCUT2D eigenvalue weighted by Gasteiger charge is 2.19. The highest BCUT2D eigenvalue weighted by Crippen LogP contribution is 2.28. The first-order valence-corrected chi connectivity index (χ1v) is 8.37. The van der Waals surface area contributed by atoms with E-state index >= 15 is 0 Å². The van der Waals surface area contributed by atoms with Gasteiger partial charge in [0.2, 0.25) is 0 Å². The van der Waals surface area contributed by atoms with Gasteiger partial charge in [0.15, 0.2) is 5.15 Å². The third kappa shape index (κ3) is 4.35. The van der Waals surface area contributed by atoms with Gasteiger partial charge in [-0.2, -0.15) is 4.37 Å². The van der Waals surface area contributed by atoms with Crippen molar-refractivity contribution in [3.8, 4) is 5.75 Å². The van der Waals surface area contributed by atoms with Crippen LogP contribution in [0.3, 0.4) is 0 Å². The number of halogens is 2. The summed E-state index contributed by atoms with van der Waals surface area (Å²) < 4.78 is 9.49. The second kappa shape index (κ2) is 7.81. The number of hydrogen-bond donors (Lipinski definition) is 1. The highest BCUT2D eigenvalue weighted by atomic mass is 35.5. The molecule has 7 heteroatoms. The quantitative estimate of drug-likeness (QED) is 0.841. The molecule has 4 nitrogen and oxygen atoms in total. The summed E-state index contributed by atoms with van der Waals surface area (Å²) in [6.07, 6.45) is 0.991. The Kier molecular flexibility index (Phi) is 6.06.